The molecule has 1 aliphatic heterocycles. The number of rotatable bonds is 4. The second kappa shape index (κ2) is 4.63. The third-order valence-electron chi connectivity index (χ3n) is 2.81. The monoisotopic (exact) mass is 283 g/mol. The van der Waals surface area contributed by atoms with Gasteiger partial charge < -0.3 is 5.73 Å². The summed E-state index contributed by atoms with van der Waals surface area (Å²) in [4.78, 5) is 25.0. The fourth-order valence-corrected chi connectivity index (χ4v) is 2.47. The van der Waals surface area contributed by atoms with Crippen LogP contribution in [0.1, 0.15) is 27.1 Å². The number of amides is 2. The Morgan fingerprint density at radius 1 is 1.11 bits per heavy atom. The molecule has 19 heavy (non-hydrogen) atoms. The van der Waals surface area contributed by atoms with Crippen LogP contribution in [0.2, 0.25) is 0 Å². The number of imide groups is 1. The molecule has 0 fully saturated rings. The Kier molecular flexibility index (Phi) is 3.29. The van der Waals surface area contributed by atoms with Crippen LogP contribution in [-0.4, -0.2) is 37.4 Å². The Labute approximate surface area is 110 Å². The summed E-state index contributed by atoms with van der Waals surface area (Å²) in [5.74, 6) is -1.17. The van der Waals surface area contributed by atoms with Crippen molar-refractivity contribution in [3.63, 3.8) is 0 Å². The summed E-state index contributed by atoms with van der Waals surface area (Å²) in [7, 11) is -3.59. The minimum atomic E-state index is -3.59. The van der Waals surface area contributed by atoms with Gasteiger partial charge in [-0.25, -0.2) is 13.6 Å². The minimum Gasteiger partial charge on any atom is -0.399 e. The van der Waals surface area contributed by atoms with Gasteiger partial charge in [0.25, 0.3) is 11.8 Å². The molecule has 2 amide bonds. The molecular weight excluding hydrogens is 270 g/mol. The fourth-order valence-electron chi connectivity index (χ4n) is 1.94. The Morgan fingerprint density at radius 3 is 2.37 bits per heavy atom. The Bertz CT molecular complexity index is 654. The number of benzene rings is 1. The van der Waals surface area contributed by atoms with Crippen molar-refractivity contribution in [3.8, 4) is 0 Å². The summed E-state index contributed by atoms with van der Waals surface area (Å²) in [5.41, 5.74) is 6.50. The SMILES string of the molecule is Nc1ccc2c(c1)C(=O)N(CCCS(N)(=O)=O)C2=O. The van der Waals surface area contributed by atoms with Gasteiger partial charge in [0.15, 0.2) is 0 Å². The molecule has 0 saturated carbocycles. The molecule has 0 spiro atoms. The molecule has 0 aromatic heterocycles. The number of sulfonamides is 1. The number of primary sulfonamides is 1. The zero-order chi connectivity index (χ0) is 14.2. The number of hydrogen-bond donors (Lipinski definition) is 2. The van der Waals surface area contributed by atoms with Crippen LogP contribution in [0, 0.1) is 0 Å². The predicted molar refractivity (Wildman–Crippen MR) is 68.8 cm³/mol. The summed E-state index contributed by atoms with van der Waals surface area (Å²) in [6, 6.07) is 4.47. The summed E-state index contributed by atoms with van der Waals surface area (Å²) in [5, 5.41) is 4.86. The molecule has 1 aromatic rings. The molecule has 0 aliphatic carbocycles. The van der Waals surface area contributed by atoms with Crippen molar-refractivity contribution in [2.24, 2.45) is 5.14 Å². The van der Waals surface area contributed by atoms with Crippen LogP contribution in [0.25, 0.3) is 0 Å². The number of fused-ring (bicyclic) bond motifs is 1. The van der Waals surface area contributed by atoms with Crippen LogP contribution in [0.3, 0.4) is 0 Å². The lowest BCUT2D eigenvalue weighted by atomic mass is 10.1. The van der Waals surface area contributed by atoms with Crippen LogP contribution in [0.5, 0.6) is 0 Å². The van der Waals surface area contributed by atoms with Gasteiger partial charge >= 0.3 is 0 Å². The topological polar surface area (TPSA) is 124 Å². The third-order valence-corrected chi connectivity index (χ3v) is 3.66. The average Bonchev–Trinajstić information content (AvgIpc) is 2.52. The maximum Gasteiger partial charge on any atom is 0.261 e. The molecule has 2 rings (SSSR count). The van der Waals surface area contributed by atoms with E-state index < -0.39 is 21.8 Å². The summed E-state index contributed by atoms with van der Waals surface area (Å²) in [6.07, 6.45) is 0.111. The minimum absolute atomic E-state index is 0.0165. The smallest absolute Gasteiger partial charge is 0.261 e. The third kappa shape index (κ3) is 2.74. The quantitative estimate of drug-likeness (QED) is 0.571. The predicted octanol–water partition coefficient (Wildman–Crippen LogP) is -0.457. The van der Waals surface area contributed by atoms with Crippen molar-refractivity contribution < 1.29 is 18.0 Å². The average molecular weight is 283 g/mol. The number of nitrogens with two attached hydrogens (primary N) is 2. The van der Waals surface area contributed by atoms with E-state index in [0.29, 0.717) is 5.69 Å². The Hall–Kier alpha value is -1.93. The lowest BCUT2D eigenvalue weighted by Gasteiger charge is -2.12. The molecule has 0 atom stereocenters. The second-order valence-corrected chi connectivity index (χ2v) is 6.02. The van der Waals surface area contributed by atoms with Gasteiger partial charge in [0.1, 0.15) is 0 Å². The van der Waals surface area contributed by atoms with E-state index in [9.17, 15) is 18.0 Å². The van der Waals surface area contributed by atoms with E-state index in [1.54, 1.807) is 0 Å². The summed E-state index contributed by atoms with van der Waals surface area (Å²) >= 11 is 0. The standard InChI is InChI=1S/C11H13N3O4S/c12-7-2-3-8-9(6-7)11(16)14(10(8)15)4-1-5-19(13,17)18/h2-3,6H,1,4-5,12H2,(H2,13,17,18). The van der Waals surface area contributed by atoms with Crippen LogP contribution in [0.4, 0.5) is 5.69 Å². The number of hydrogen-bond acceptors (Lipinski definition) is 5. The van der Waals surface area contributed by atoms with Crippen molar-refractivity contribution in [2.75, 3.05) is 18.0 Å². The zero-order valence-corrected chi connectivity index (χ0v) is 10.8. The first kappa shape index (κ1) is 13.5. The van der Waals surface area contributed by atoms with Gasteiger partial charge in [0.05, 0.1) is 16.9 Å². The highest BCUT2D eigenvalue weighted by molar-refractivity contribution is 7.89. The molecule has 0 saturated heterocycles. The largest absolute Gasteiger partial charge is 0.399 e. The van der Waals surface area contributed by atoms with Crippen molar-refractivity contribution in [2.45, 2.75) is 6.42 Å². The highest BCUT2D eigenvalue weighted by Gasteiger charge is 2.35. The van der Waals surface area contributed by atoms with Crippen molar-refractivity contribution in [3.05, 3.63) is 29.3 Å². The number of carbonyl (C=O) groups excluding carboxylic acids is 2. The lowest BCUT2D eigenvalue weighted by Crippen LogP contribution is -2.32. The number of anilines is 1. The van der Waals surface area contributed by atoms with E-state index in [-0.39, 0.29) is 29.8 Å². The van der Waals surface area contributed by atoms with E-state index in [1.165, 1.54) is 18.2 Å². The van der Waals surface area contributed by atoms with Crippen LogP contribution in [0.15, 0.2) is 18.2 Å². The zero-order valence-electron chi connectivity index (χ0n) is 10.00. The molecule has 0 radical (unpaired) electrons. The maximum atomic E-state index is 12.0. The van der Waals surface area contributed by atoms with Gasteiger partial charge in [-0.15, -0.1) is 0 Å². The van der Waals surface area contributed by atoms with Crippen molar-refractivity contribution in [1.82, 2.24) is 4.90 Å². The summed E-state index contributed by atoms with van der Waals surface area (Å²) in [6.45, 7) is 0.0165. The first-order chi connectivity index (χ1) is 8.79. The van der Waals surface area contributed by atoms with E-state index in [0.717, 1.165) is 4.90 Å². The van der Waals surface area contributed by atoms with E-state index >= 15 is 0 Å². The van der Waals surface area contributed by atoms with Crippen LogP contribution >= 0.6 is 0 Å². The molecular formula is C11H13N3O4S. The molecule has 102 valence electrons. The maximum absolute atomic E-state index is 12.0. The van der Waals surface area contributed by atoms with Gasteiger partial charge in [-0.05, 0) is 24.6 Å². The van der Waals surface area contributed by atoms with E-state index in [1.807, 2.05) is 0 Å². The van der Waals surface area contributed by atoms with Gasteiger partial charge in [-0.3, -0.25) is 14.5 Å². The van der Waals surface area contributed by atoms with Gasteiger partial charge in [0.2, 0.25) is 10.0 Å². The van der Waals surface area contributed by atoms with Crippen LogP contribution < -0.4 is 10.9 Å². The molecule has 0 unspecified atom stereocenters. The molecule has 8 heteroatoms. The molecule has 4 N–H and O–H groups in total. The van der Waals surface area contributed by atoms with E-state index in [2.05, 4.69) is 0 Å². The summed E-state index contributed by atoms with van der Waals surface area (Å²) < 4.78 is 21.6. The van der Waals surface area contributed by atoms with E-state index in [4.69, 9.17) is 10.9 Å². The number of carbonyl (C=O) groups is 2. The lowest BCUT2D eigenvalue weighted by molar-refractivity contribution is 0.0654. The first-order valence-electron chi connectivity index (χ1n) is 5.56. The number of nitrogen functional groups attached to an aromatic ring is 1. The molecule has 1 aromatic carbocycles. The van der Waals surface area contributed by atoms with Gasteiger partial charge in [-0.1, -0.05) is 0 Å². The molecule has 0 bridgehead atoms. The molecule has 7 nitrogen and oxygen atoms in total. The van der Waals surface area contributed by atoms with Crippen molar-refractivity contribution in [1.29, 1.82) is 0 Å². The normalized spacial score (nSPS) is 14.9. The van der Waals surface area contributed by atoms with Crippen molar-refractivity contribution >= 4 is 27.5 Å². The highest BCUT2D eigenvalue weighted by atomic mass is 32.2. The highest BCUT2D eigenvalue weighted by Crippen LogP contribution is 2.24. The number of nitrogens with zero attached hydrogens (tertiary/aromatic N) is 1. The molecule has 1 aliphatic rings. The first-order valence-corrected chi connectivity index (χ1v) is 7.27. The van der Waals surface area contributed by atoms with Gasteiger partial charge in [0, 0.05) is 12.2 Å². The Morgan fingerprint density at radius 2 is 1.74 bits per heavy atom. The second-order valence-electron chi connectivity index (χ2n) is 4.29. The van der Waals surface area contributed by atoms with Gasteiger partial charge in [-0.2, -0.15) is 0 Å². The fraction of sp³-hybridized carbons (Fsp3) is 0.273. The van der Waals surface area contributed by atoms with Crippen LogP contribution in [-0.2, 0) is 10.0 Å². The Balaban J connectivity index is 2.14. The molecule has 1 heterocycles.